The molecule has 1 fully saturated rings. The van der Waals surface area contributed by atoms with Gasteiger partial charge in [0.05, 0.1) is 12.3 Å². The van der Waals surface area contributed by atoms with E-state index in [0.29, 0.717) is 17.5 Å². The van der Waals surface area contributed by atoms with Gasteiger partial charge in [0.15, 0.2) is 0 Å². The van der Waals surface area contributed by atoms with E-state index in [1.807, 2.05) is 12.1 Å². The summed E-state index contributed by atoms with van der Waals surface area (Å²) in [6, 6.07) is 3.79. The van der Waals surface area contributed by atoms with Crippen LogP contribution in [0.15, 0.2) is 12.1 Å². The van der Waals surface area contributed by atoms with Crippen LogP contribution in [-0.2, 0) is 0 Å². The Morgan fingerprint density at radius 2 is 2.15 bits per heavy atom. The molecule has 1 heterocycles. The third kappa shape index (κ3) is 5.27. The number of nitrogens with two attached hydrogens (primary N) is 1. The van der Waals surface area contributed by atoms with E-state index in [9.17, 15) is 0 Å². The first-order valence-electron chi connectivity index (χ1n) is 7.78. The quantitative estimate of drug-likeness (QED) is 0.676. The Hall–Kier alpha value is -1.45. The van der Waals surface area contributed by atoms with E-state index in [4.69, 9.17) is 10.5 Å². The van der Waals surface area contributed by atoms with Gasteiger partial charge in [0.2, 0.25) is 5.88 Å². The summed E-state index contributed by atoms with van der Waals surface area (Å²) in [7, 11) is 0. The largest absolute Gasteiger partial charge is 0.476 e. The minimum atomic E-state index is 0.573. The lowest BCUT2D eigenvalue weighted by molar-refractivity contribution is 0.290. The molecule has 3 N–H and O–H groups in total. The molecule has 20 heavy (non-hydrogen) atoms. The lowest BCUT2D eigenvalue weighted by atomic mass is 10.1. The van der Waals surface area contributed by atoms with Crippen molar-refractivity contribution in [2.75, 3.05) is 24.2 Å². The monoisotopic (exact) mass is 277 g/mol. The van der Waals surface area contributed by atoms with Crippen LogP contribution in [0.3, 0.4) is 0 Å². The Kier molecular flexibility index (Phi) is 5.50. The highest BCUT2D eigenvalue weighted by Crippen LogP contribution is 2.30. The fraction of sp³-hybridized carbons (Fsp3) is 0.688. The van der Waals surface area contributed by atoms with Crippen LogP contribution >= 0.6 is 0 Å². The number of hydrogen-bond donors (Lipinski definition) is 2. The van der Waals surface area contributed by atoms with Crippen LogP contribution in [0.2, 0.25) is 0 Å². The number of hydrogen-bond acceptors (Lipinski definition) is 4. The molecule has 0 aliphatic heterocycles. The van der Waals surface area contributed by atoms with E-state index < -0.39 is 0 Å². The molecule has 0 atom stereocenters. The molecular weight excluding hydrogens is 250 g/mol. The van der Waals surface area contributed by atoms with Gasteiger partial charge in [-0.05, 0) is 43.2 Å². The predicted molar refractivity (Wildman–Crippen MR) is 84.0 cm³/mol. The molecule has 112 valence electrons. The van der Waals surface area contributed by atoms with Crippen molar-refractivity contribution in [1.29, 1.82) is 0 Å². The SMILES string of the molecule is CC(C)CCCCNc1ccc(N)c(OCC2CC2)n1. The maximum atomic E-state index is 5.89. The summed E-state index contributed by atoms with van der Waals surface area (Å²) in [5, 5.41) is 3.34. The Morgan fingerprint density at radius 3 is 2.85 bits per heavy atom. The number of nitrogens with zero attached hydrogens (tertiary/aromatic N) is 1. The van der Waals surface area contributed by atoms with Crippen LogP contribution in [0.5, 0.6) is 5.88 Å². The zero-order valence-corrected chi connectivity index (χ0v) is 12.7. The number of rotatable bonds is 9. The smallest absolute Gasteiger partial charge is 0.239 e. The maximum absolute atomic E-state index is 5.89. The van der Waals surface area contributed by atoms with Crippen LogP contribution in [0.25, 0.3) is 0 Å². The molecule has 0 spiro atoms. The standard InChI is InChI=1S/C16H27N3O/c1-12(2)5-3-4-10-18-15-9-8-14(17)16(19-15)20-11-13-6-7-13/h8-9,12-13H,3-7,10-11,17H2,1-2H3,(H,18,19). The second-order valence-electron chi connectivity index (χ2n) is 6.16. The summed E-state index contributed by atoms with van der Waals surface area (Å²) in [6.07, 6.45) is 6.25. The highest BCUT2D eigenvalue weighted by Gasteiger charge is 2.22. The summed E-state index contributed by atoms with van der Waals surface area (Å²) >= 11 is 0. The molecule has 0 saturated heterocycles. The number of aromatic nitrogens is 1. The van der Waals surface area contributed by atoms with Crippen LogP contribution in [-0.4, -0.2) is 18.1 Å². The fourth-order valence-electron chi connectivity index (χ4n) is 2.04. The van der Waals surface area contributed by atoms with E-state index in [1.165, 1.54) is 32.1 Å². The van der Waals surface area contributed by atoms with E-state index in [-0.39, 0.29) is 0 Å². The van der Waals surface area contributed by atoms with Gasteiger partial charge in [0.1, 0.15) is 5.82 Å². The van der Waals surface area contributed by atoms with Gasteiger partial charge in [-0.2, -0.15) is 4.98 Å². The molecule has 0 unspecified atom stereocenters. The third-order valence-corrected chi connectivity index (χ3v) is 3.56. The molecule has 1 aromatic heterocycles. The van der Waals surface area contributed by atoms with Gasteiger partial charge in [0, 0.05) is 6.54 Å². The van der Waals surface area contributed by atoms with Crippen molar-refractivity contribution in [3.63, 3.8) is 0 Å². The Morgan fingerprint density at radius 1 is 1.35 bits per heavy atom. The number of unbranched alkanes of at least 4 members (excludes halogenated alkanes) is 1. The summed E-state index contributed by atoms with van der Waals surface area (Å²) in [6.45, 7) is 6.22. The molecule has 1 aliphatic carbocycles. The molecule has 4 heteroatoms. The topological polar surface area (TPSA) is 60.2 Å². The summed E-state index contributed by atoms with van der Waals surface area (Å²) < 4.78 is 5.68. The molecule has 4 nitrogen and oxygen atoms in total. The number of anilines is 2. The molecule has 0 radical (unpaired) electrons. The average Bonchev–Trinajstić information content (AvgIpc) is 3.22. The van der Waals surface area contributed by atoms with Crippen molar-refractivity contribution in [3.05, 3.63) is 12.1 Å². The lowest BCUT2D eigenvalue weighted by Gasteiger charge is -2.11. The van der Waals surface area contributed by atoms with Gasteiger partial charge >= 0.3 is 0 Å². The van der Waals surface area contributed by atoms with E-state index in [2.05, 4.69) is 24.1 Å². The van der Waals surface area contributed by atoms with Crippen molar-refractivity contribution in [1.82, 2.24) is 4.98 Å². The van der Waals surface area contributed by atoms with Crippen LogP contribution < -0.4 is 15.8 Å². The molecule has 2 rings (SSSR count). The van der Waals surface area contributed by atoms with Crippen molar-refractivity contribution in [2.24, 2.45) is 11.8 Å². The fourth-order valence-corrected chi connectivity index (χ4v) is 2.04. The number of ether oxygens (including phenoxy) is 1. The third-order valence-electron chi connectivity index (χ3n) is 3.56. The van der Waals surface area contributed by atoms with Crippen molar-refractivity contribution >= 4 is 11.5 Å². The minimum Gasteiger partial charge on any atom is -0.476 e. The summed E-state index contributed by atoms with van der Waals surface area (Å²) in [4.78, 5) is 4.45. The lowest BCUT2D eigenvalue weighted by Crippen LogP contribution is -2.08. The van der Waals surface area contributed by atoms with Gasteiger partial charge in [-0.15, -0.1) is 0 Å². The van der Waals surface area contributed by atoms with E-state index in [0.717, 1.165) is 24.9 Å². The summed E-state index contributed by atoms with van der Waals surface area (Å²) in [5.74, 6) is 2.93. The first kappa shape index (κ1) is 14.9. The number of nitrogens with one attached hydrogen (secondary N) is 1. The zero-order chi connectivity index (χ0) is 14.4. The van der Waals surface area contributed by atoms with Gasteiger partial charge in [0.25, 0.3) is 0 Å². The first-order valence-corrected chi connectivity index (χ1v) is 7.78. The molecule has 0 aromatic carbocycles. The van der Waals surface area contributed by atoms with Crippen molar-refractivity contribution in [3.8, 4) is 5.88 Å². The van der Waals surface area contributed by atoms with Gasteiger partial charge in [-0.1, -0.05) is 26.7 Å². The van der Waals surface area contributed by atoms with Crippen molar-refractivity contribution in [2.45, 2.75) is 46.0 Å². The number of pyridine rings is 1. The van der Waals surface area contributed by atoms with Crippen LogP contribution in [0.1, 0.15) is 46.0 Å². The molecule has 1 aromatic rings. The average molecular weight is 277 g/mol. The van der Waals surface area contributed by atoms with Gasteiger partial charge in [-0.25, -0.2) is 0 Å². The highest BCUT2D eigenvalue weighted by atomic mass is 16.5. The predicted octanol–water partition coefficient (Wildman–Crippen LogP) is 3.69. The first-order chi connectivity index (χ1) is 9.65. The van der Waals surface area contributed by atoms with E-state index in [1.54, 1.807) is 0 Å². The van der Waals surface area contributed by atoms with Gasteiger partial charge in [-0.3, -0.25) is 0 Å². The van der Waals surface area contributed by atoms with E-state index >= 15 is 0 Å². The molecule has 0 amide bonds. The minimum absolute atomic E-state index is 0.573. The Balaban J connectivity index is 1.74. The van der Waals surface area contributed by atoms with Crippen molar-refractivity contribution < 1.29 is 4.74 Å². The normalized spacial score (nSPS) is 14.6. The molecule has 1 saturated carbocycles. The molecule has 0 bridgehead atoms. The Bertz CT molecular complexity index is 416. The molecular formula is C16H27N3O. The highest BCUT2D eigenvalue weighted by molar-refractivity contribution is 5.53. The van der Waals surface area contributed by atoms with Crippen LogP contribution in [0.4, 0.5) is 11.5 Å². The maximum Gasteiger partial charge on any atom is 0.239 e. The second kappa shape index (κ2) is 7.36. The van der Waals surface area contributed by atoms with Gasteiger partial charge < -0.3 is 15.8 Å². The summed E-state index contributed by atoms with van der Waals surface area (Å²) in [5.41, 5.74) is 6.51. The zero-order valence-electron chi connectivity index (χ0n) is 12.7. The van der Waals surface area contributed by atoms with Crippen LogP contribution in [0, 0.1) is 11.8 Å². The molecule has 1 aliphatic rings. The second-order valence-corrected chi connectivity index (χ2v) is 6.16. The Labute approximate surface area is 122 Å². The number of nitrogen functional groups attached to an aromatic ring is 1.